The van der Waals surface area contributed by atoms with Crippen molar-refractivity contribution in [1.29, 1.82) is 0 Å². The van der Waals surface area contributed by atoms with E-state index >= 15 is 0 Å². The van der Waals surface area contributed by atoms with Crippen LogP contribution >= 0.6 is 0 Å². The molecule has 1 saturated heterocycles. The lowest BCUT2D eigenvalue weighted by molar-refractivity contribution is -0.252. The lowest BCUT2D eigenvalue weighted by Crippen LogP contribution is -2.77. The van der Waals surface area contributed by atoms with E-state index in [9.17, 15) is 28.3 Å². The molecule has 0 aromatic carbocycles. The highest BCUT2D eigenvalue weighted by atomic mass is 32.3. The molecule has 130 valence electrons. The highest BCUT2D eigenvalue weighted by molar-refractivity contribution is 7.80. The summed E-state index contributed by atoms with van der Waals surface area (Å²) in [6.07, 6.45) is -1.87. The summed E-state index contributed by atoms with van der Waals surface area (Å²) in [6.45, 7) is -1.00. The van der Waals surface area contributed by atoms with Gasteiger partial charge in [0.1, 0.15) is 12.1 Å². The van der Waals surface area contributed by atoms with Crippen LogP contribution in [-0.4, -0.2) is 87.9 Å². The molecule has 0 unspecified atom stereocenters. The SMILES string of the molecule is NC1=N[C@H]2[C@H](CO)N=C(N)N3C[C@@H](OS(=O)(=O)[O-])C(O)(O)[C@]23N1. The Kier molecular flexibility index (Phi) is 3.27. The Morgan fingerprint density at radius 2 is 2.09 bits per heavy atom. The van der Waals surface area contributed by atoms with Gasteiger partial charge in [-0.1, -0.05) is 0 Å². The van der Waals surface area contributed by atoms with Crippen molar-refractivity contribution < 1.29 is 32.5 Å². The summed E-state index contributed by atoms with van der Waals surface area (Å²) in [6, 6.07) is -2.06. The Bertz CT molecular complexity index is 693. The molecule has 8 N–H and O–H groups in total. The van der Waals surface area contributed by atoms with Gasteiger partial charge in [-0.3, -0.25) is 4.18 Å². The number of rotatable bonds is 3. The van der Waals surface area contributed by atoms with Crippen molar-refractivity contribution in [2.24, 2.45) is 21.5 Å². The number of hydrogen-bond donors (Lipinski definition) is 6. The fourth-order valence-corrected chi connectivity index (χ4v) is 3.77. The minimum absolute atomic E-state index is 0.193. The van der Waals surface area contributed by atoms with Gasteiger partial charge in [-0.25, -0.2) is 18.4 Å². The van der Waals surface area contributed by atoms with Crippen LogP contribution in [0, 0.1) is 0 Å². The quantitative estimate of drug-likeness (QED) is 0.160. The van der Waals surface area contributed by atoms with Crippen LogP contribution in [-0.2, 0) is 14.6 Å². The van der Waals surface area contributed by atoms with Crippen LogP contribution in [0.25, 0.3) is 0 Å². The van der Waals surface area contributed by atoms with Gasteiger partial charge in [-0.05, 0) is 0 Å². The van der Waals surface area contributed by atoms with Crippen molar-refractivity contribution in [2.45, 2.75) is 29.6 Å². The van der Waals surface area contributed by atoms with Crippen LogP contribution in [0.1, 0.15) is 0 Å². The molecule has 1 spiro atoms. The molecule has 0 aromatic rings. The zero-order chi connectivity index (χ0) is 17.2. The molecule has 14 heteroatoms. The van der Waals surface area contributed by atoms with Crippen LogP contribution in [0.3, 0.4) is 0 Å². The summed E-state index contributed by atoms with van der Waals surface area (Å²) in [4.78, 5) is 9.05. The predicted octanol–water partition coefficient (Wildman–Crippen LogP) is -5.50. The molecule has 3 aliphatic rings. The second-order valence-electron chi connectivity index (χ2n) is 5.42. The van der Waals surface area contributed by atoms with Crippen molar-refractivity contribution in [1.82, 2.24) is 10.2 Å². The topological polar surface area (TPSA) is 219 Å². The molecule has 0 aliphatic carbocycles. The summed E-state index contributed by atoms with van der Waals surface area (Å²) < 4.78 is 36.8. The summed E-state index contributed by atoms with van der Waals surface area (Å²) in [5.74, 6) is -3.34. The predicted molar refractivity (Wildman–Crippen MR) is 72.2 cm³/mol. The molecule has 0 bridgehead atoms. The summed E-state index contributed by atoms with van der Waals surface area (Å²) >= 11 is 0. The van der Waals surface area contributed by atoms with Crippen LogP contribution < -0.4 is 16.8 Å². The van der Waals surface area contributed by atoms with Crippen molar-refractivity contribution in [3.8, 4) is 0 Å². The van der Waals surface area contributed by atoms with E-state index in [0.29, 0.717) is 0 Å². The number of aliphatic imine (C=N–C) groups is 2. The lowest BCUT2D eigenvalue weighted by atomic mass is 9.86. The van der Waals surface area contributed by atoms with Gasteiger partial charge >= 0.3 is 0 Å². The van der Waals surface area contributed by atoms with Gasteiger partial charge in [0.15, 0.2) is 23.7 Å². The Morgan fingerprint density at radius 1 is 1.43 bits per heavy atom. The molecule has 23 heavy (non-hydrogen) atoms. The van der Waals surface area contributed by atoms with Gasteiger partial charge in [0.05, 0.1) is 13.2 Å². The van der Waals surface area contributed by atoms with Crippen LogP contribution in [0.2, 0.25) is 0 Å². The molecule has 0 radical (unpaired) electrons. The van der Waals surface area contributed by atoms with Gasteiger partial charge in [0.25, 0.3) is 0 Å². The maximum atomic E-state index is 10.8. The molecule has 0 aromatic heterocycles. The maximum absolute atomic E-state index is 10.8. The molecule has 3 heterocycles. The van der Waals surface area contributed by atoms with E-state index in [0.717, 1.165) is 4.90 Å². The number of nitrogens with one attached hydrogen (secondary N) is 1. The molecular weight excluding hydrogens is 336 g/mol. The smallest absolute Gasteiger partial charge is 0.239 e. The largest absolute Gasteiger partial charge is 0.726 e. The van der Waals surface area contributed by atoms with Crippen molar-refractivity contribution in [3.63, 3.8) is 0 Å². The average Bonchev–Trinajstić information content (AvgIpc) is 2.86. The van der Waals surface area contributed by atoms with Crippen molar-refractivity contribution >= 4 is 22.3 Å². The first-order valence-electron chi connectivity index (χ1n) is 6.45. The molecule has 3 aliphatic heterocycles. The number of hydrogen-bond acceptors (Lipinski definition) is 13. The summed E-state index contributed by atoms with van der Waals surface area (Å²) in [7, 11) is -5.23. The number of aliphatic hydroxyl groups is 3. The average molecular weight is 351 g/mol. The number of nitrogens with two attached hydrogens (primary N) is 2. The van der Waals surface area contributed by atoms with E-state index in [1.165, 1.54) is 0 Å². The highest BCUT2D eigenvalue weighted by Gasteiger charge is 2.74. The Hall–Kier alpha value is -1.71. The lowest BCUT2D eigenvalue weighted by Gasteiger charge is -2.48. The first-order chi connectivity index (χ1) is 10.5. The number of guanidine groups is 2. The van der Waals surface area contributed by atoms with Gasteiger partial charge in [0.2, 0.25) is 16.2 Å². The maximum Gasteiger partial charge on any atom is 0.239 e. The van der Waals surface area contributed by atoms with Gasteiger partial charge in [-0.2, -0.15) is 0 Å². The summed E-state index contributed by atoms with van der Waals surface area (Å²) in [5, 5.41) is 33.0. The standard InChI is InChI=1S/C9H16N6O7S/c10-6-13-5-3(2-16)12-7(11)15-1-4(22-23(19,20)21)9(17,18)8(5,15)14-6/h3-5,16-18H,1-2H2,(H2,11,12)(H3,10,13,14)(H,19,20,21)/p-1/t3-,4+,5-,8-/m0/s1. The van der Waals surface area contributed by atoms with Crippen LogP contribution in [0.4, 0.5) is 0 Å². The monoisotopic (exact) mass is 351 g/mol. The van der Waals surface area contributed by atoms with Crippen LogP contribution in [0.5, 0.6) is 0 Å². The first-order valence-corrected chi connectivity index (χ1v) is 7.78. The van der Waals surface area contributed by atoms with Crippen molar-refractivity contribution in [3.05, 3.63) is 0 Å². The Balaban J connectivity index is 2.11. The highest BCUT2D eigenvalue weighted by Crippen LogP contribution is 2.45. The Labute approximate surface area is 130 Å². The van der Waals surface area contributed by atoms with E-state index < -0.39 is 53.2 Å². The van der Waals surface area contributed by atoms with E-state index in [4.69, 9.17) is 11.5 Å². The fraction of sp³-hybridized carbons (Fsp3) is 0.778. The molecule has 4 atom stereocenters. The second kappa shape index (κ2) is 4.65. The fourth-order valence-electron chi connectivity index (χ4n) is 3.29. The van der Waals surface area contributed by atoms with E-state index in [1.54, 1.807) is 0 Å². The van der Waals surface area contributed by atoms with Crippen molar-refractivity contribution in [2.75, 3.05) is 13.2 Å². The van der Waals surface area contributed by atoms with Gasteiger partial charge in [0, 0.05) is 0 Å². The minimum Gasteiger partial charge on any atom is -0.726 e. The summed E-state index contributed by atoms with van der Waals surface area (Å²) in [5.41, 5.74) is 9.43. The molecule has 3 rings (SSSR count). The zero-order valence-corrected chi connectivity index (χ0v) is 12.3. The molecule has 1 fully saturated rings. The van der Waals surface area contributed by atoms with E-state index in [2.05, 4.69) is 19.5 Å². The second-order valence-corrected chi connectivity index (χ2v) is 6.43. The Morgan fingerprint density at radius 3 is 2.65 bits per heavy atom. The first kappa shape index (κ1) is 16.2. The third-order valence-corrected chi connectivity index (χ3v) is 4.64. The van der Waals surface area contributed by atoms with E-state index in [-0.39, 0.29) is 11.9 Å². The number of aliphatic hydroxyl groups excluding tert-OH is 1. The minimum atomic E-state index is -5.23. The molecular formula is C9H15N6O7S-. The normalized spacial score (nSPS) is 38.4. The van der Waals surface area contributed by atoms with Gasteiger partial charge in [-0.15, -0.1) is 0 Å². The van der Waals surface area contributed by atoms with Gasteiger partial charge < -0.3 is 41.6 Å². The third kappa shape index (κ3) is 2.07. The number of nitrogens with zero attached hydrogens (tertiary/aromatic N) is 3. The molecule has 0 amide bonds. The van der Waals surface area contributed by atoms with Crippen LogP contribution in [0.15, 0.2) is 9.98 Å². The zero-order valence-electron chi connectivity index (χ0n) is 11.5. The molecule has 0 saturated carbocycles. The molecule has 13 nitrogen and oxygen atoms in total. The third-order valence-electron chi connectivity index (χ3n) is 4.17. The van der Waals surface area contributed by atoms with E-state index in [1.807, 2.05) is 0 Å².